The molecule has 15 heavy (non-hydrogen) atoms. The lowest BCUT2D eigenvalue weighted by molar-refractivity contribution is 0.0699. The summed E-state index contributed by atoms with van der Waals surface area (Å²) < 4.78 is 1.74. The third kappa shape index (κ3) is 1.34. The normalized spacial score (nSPS) is 10.8. The van der Waals surface area contributed by atoms with Gasteiger partial charge in [-0.25, -0.2) is 4.79 Å². The number of carboxylic acids is 1. The van der Waals surface area contributed by atoms with Crippen molar-refractivity contribution < 1.29 is 15.0 Å². The Bertz CT molecular complexity index is 554. The average Bonchev–Trinajstić information content (AvgIpc) is 2.45. The summed E-state index contributed by atoms with van der Waals surface area (Å²) in [6.45, 7) is 1.78. The van der Waals surface area contributed by atoms with E-state index in [2.05, 4.69) is 0 Å². The average molecular weight is 205 g/mol. The van der Waals surface area contributed by atoms with Crippen LogP contribution in [0.4, 0.5) is 0 Å². The van der Waals surface area contributed by atoms with E-state index in [-0.39, 0.29) is 11.3 Å². The topological polar surface area (TPSA) is 62.5 Å². The molecule has 1 aromatic carbocycles. The van der Waals surface area contributed by atoms with Crippen molar-refractivity contribution in [2.24, 2.45) is 7.05 Å². The number of phenolic OH excluding ortho intramolecular Hbond substituents is 1. The van der Waals surface area contributed by atoms with E-state index in [0.29, 0.717) is 5.39 Å². The van der Waals surface area contributed by atoms with Crippen LogP contribution in [0.1, 0.15) is 15.9 Å². The summed E-state index contributed by atoms with van der Waals surface area (Å²) in [5, 5.41) is 19.1. The maximum Gasteiger partial charge on any atom is 0.337 e. The second kappa shape index (κ2) is 3.02. The third-order valence-corrected chi connectivity index (χ3v) is 2.54. The van der Waals surface area contributed by atoms with Gasteiger partial charge in [-0.2, -0.15) is 0 Å². The Morgan fingerprint density at radius 3 is 2.67 bits per heavy atom. The molecule has 0 saturated carbocycles. The SMILES string of the molecule is Cc1cc2c(cc1O)c(C(=O)O)cn2C. The predicted octanol–water partition coefficient (Wildman–Crippen LogP) is 1.89. The van der Waals surface area contributed by atoms with Crippen molar-refractivity contribution in [3.8, 4) is 5.75 Å². The van der Waals surface area contributed by atoms with Gasteiger partial charge < -0.3 is 14.8 Å². The van der Waals surface area contributed by atoms with Crippen LogP contribution in [0.2, 0.25) is 0 Å². The fourth-order valence-electron chi connectivity index (χ4n) is 1.69. The first-order valence-electron chi connectivity index (χ1n) is 4.52. The van der Waals surface area contributed by atoms with Gasteiger partial charge in [-0.1, -0.05) is 0 Å². The second-order valence-corrected chi connectivity index (χ2v) is 3.61. The summed E-state index contributed by atoms with van der Waals surface area (Å²) in [6, 6.07) is 3.27. The van der Waals surface area contributed by atoms with E-state index in [4.69, 9.17) is 5.11 Å². The molecule has 0 saturated heterocycles. The molecule has 0 spiro atoms. The standard InChI is InChI=1S/C11H11NO3/c1-6-3-9-7(4-10(6)13)8(11(14)15)5-12(9)2/h3-5,13H,1-2H3,(H,14,15). The Labute approximate surface area is 86.4 Å². The highest BCUT2D eigenvalue weighted by Crippen LogP contribution is 2.27. The van der Waals surface area contributed by atoms with Crippen molar-refractivity contribution >= 4 is 16.9 Å². The van der Waals surface area contributed by atoms with Gasteiger partial charge in [0.15, 0.2) is 0 Å². The molecule has 4 heteroatoms. The van der Waals surface area contributed by atoms with E-state index in [0.717, 1.165) is 11.1 Å². The zero-order valence-corrected chi connectivity index (χ0v) is 8.48. The number of carboxylic acid groups (broad SMARTS) is 1. The molecular weight excluding hydrogens is 194 g/mol. The van der Waals surface area contributed by atoms with Crippen LogP contribution in [-0.2, 0) is 7.05 Å². The molecular formula is C11H11NO3. The number of aromatic nitrogens is 1. The van der Waals surface area contributed by atoms with E-state index in [9.17, 15) is 9.90 Å². The highest BCUT2D eigenvalue weighted by molar-refractivity contribution is 6.04. The van der Waals surface area contributed by atoms with Crippen molar-refractivity contribution in [2.45, 2.75) is 6.92 Å². The van der Waals surface area contributed by atoms with Crippen LogP contribution in [0, 0.1) is 6.92 Å². The van der Waals surface area contributed by atoms with Gasteiger partial charge in [-0.05, 0) is 24.6 Å². The third-order valence-electron chi connectivity index (χ3n) is 2.54. The van der Waals surface area contributed by atoms with E-state index in [1.165, 1.54) is 6.07 Å². The van der Waals surface area contributed by atoms with Gasteiger partial charge in [0.05, 0.1) is 5.56 Å². The number of aromatic carboxylic acids is 1. The van der Waals surface area contributed by atoms with Crippen molar-refractivity contribution in [3.05, 3.63) is 29.5 Å². The van der Waals surface area contributed by atoms with Crippen LogP contribution >= 0.6 is 0 Å². The first kappa shape index (κ1) is 9.58. The summed E-state index contributed by atoms with van der Waals surface area (Å²) in [6.07, 6.45) is 1.55. The lowest BCUT2D eigenvalue weighted by atomic mass is 10.1. The minimum absolute atomic E-state index is 0.121. The molecule has 0 amide bonds. The van der Waals surface area contributed by atoms with Crippen LogP contribution in [0.15, 0.2) is 18.3 Å². The zero-order chi connectivity index (χ0) is 11.2. The first-order chi connectivity index (χ1) is 7.00. The van der Waals surface area contributed by atoms with Gasteiger partial charge >= 0.3 is 5.97 Å². The molecule has 1 aromatic heterocycles. The van der Waals surface area contributed by atoms with Gasteiger partial charge in [-0.15, -0.1) is 0 Å². The van der Waals surface area contributed by atoms with Crippen molar-refractivity contribution in [1.82, 2.24) is 4.57 Å². The second-order valence-electron chi connectivity index (χ2n) is 3.61. The quantitative estimate of drug-likeness (QED) is 0.747. The highest BCUT2D eigenvalue weighted by atomic mass is 16.4. The maximum atomic E-state index is 10.9. The van der Waals surface area contributed by atoms with Crippen molar-refractivity contribution in [2.75, 3.05) is 0 Å². The monoisotopic (exact) mass is 205 g/mol. The number of fused-ring (bicyclic) bond motifs is 1. The Hall–Kier alpha value is -1.97. The van der Waals surface area contributed by atoms with Gasteiger partial charge in [0.2, 0.25) is 0 Å². The fraction of sp³-hybridized carbons (Fsp3) is 0.182. The molecule has 2 aromatic rings. The number of nitrogens with zero attached hydrogens (tertiary/aromatic N) is 1. The van der Waals surface area contributed by atoms with Crippen LogP contribution in [0.3, 0.4) is 0 Å². The smallest absolute Gasteiger partial charge is 0.337 e. The molecule has 0 radical (unpaired) electrons. The van der Waals surface area contributed by atoms with E-state index in [1.807, 2.05) is 0 Å². The molecule has 0 aliphatic heterocycles. The summed E-state index contributed by atoms with van der Waals surface area (Å²) in [5.74, 6) is -0.861. The molecule has 0 fully saturated rings. The number of aromatic hydroxyl groups is 1. The summed E-state index contributed by atoms with van der Waals surface area (Å²) >= 11 is 0. The van der Waals surface area contributed by atoms with Crippen LogP contribution in [-0.4, -0.2) is 20.7 Å². The zero-order valence-electron chi connectivity index (χ0n) is 8.48. The summed E-state index contributed by atoms with van der Waals surface area (Å²) in [4.78, 5) is 10.9. The van der Waals surface area contributed by atoms with Crippen LogP contribution in [0.5, 0.6) is 5.75 Å². The number of rotatable bonds is 1. The molecule has 0 aliphatic carbocycles. The van der Waals surface area contributed by atoms with Crippen LogP contribution in [0.25, 0.3) is 10.9 Å². The lowest BCUT2D eigenvalue weighted by Crippen LogP contribution is -1.93. The molecule has 2 rings (SSSR count). The van der Waals surface area contributed by atoms with Gasteiger partial charge in [-0.3, -0.25) is 0 Å². The Morgan fingerprint density at radius 2 is 2.07 bits per heavy atom. The number of benzene rings is 1. The molecule has 0 bridgehead atoms. The molecule has 4 nitrogen and oxygen atoms in total. The Morgan fingerprint density at radius 1 is 1.40 bits per heavy atom. The number of hydrogen-bond acceptors (Lipinski definition) is 2. The predicted molar refractivity (Wildman–Crippen MR) is 56.3 cm³/mol. The van der Waals surface area contributed by atoms with Crippen molar-refractivity contribution in [3.63, 3.8) is 0 Å². The largest absolute Gasteiger partial charge is 0.508 e. The van der Waals surface area contributed by atoms with E-state index >= 15 is 0 Å². The Balaban J connectivity index is 2.88. The van der Waals surface area contributed by atoms with Gasteiger partial charge in [0.25, 0.3) is 0 Å². The first-order valence-corrected chi connectivity index (χ1v) is 4.52. The molecule has 0 aliphatic rings. The molecule has 0 unspecified atom stereocenters. The number of phenols is 1. The Kier molecular flexibility index (Phi) is 1.93. The molecule has 2 N–H and O–H groups in total. The van der Waals surface area contributed by atoms with Crippen LogP contribution < -0.4 is 0 Å². The minimum Gasteiger partial charge on any atom is -0.508 e. The fourth-order valence-corrected chi connectivity index (χ4v) is 1.69. The molecule has 1 heterocycles. The summed E-state index contributed by atoms with van der Waals surface area (Å²) in [5.41, 5.74) is 1.76. The molecule has 0 atom stereocenters. The lowest BCUT2D eigenvalue weighted by Gasteiger charge is -2.00. The molecule has 78 valence electrons. The van der Waals surface area contributed by atoms with E-state index < -0.39 is 5.97 Å². The van der Waals surface area contributed by atoms with Gasteiger partial charge in [0, 0.05) is 24.1 Å². The van der Waals surface area contributed by atoms with Crippen molar-refractivity contribution in [1.29, 1.82) is 0 Å². The number of aryl methyl sites for hydroxylation is 2. The highest BCUT2D eigenvalue weighted by Gasteiger charge is 2.14. The minimum atomic E-state index is -0.983. The number of hydrogen-bond donors (Lipinski definition) is 2. The van der Waals surface area contributed by atoms with Gasteiger partial charge in [0.1, 0.15) is 5.75 Å². The van der Waals surface area contributed by atoms with E-state index in [1.54, 1.807) is 30.8 Å². The summed E-state index contributed by atoms with van der Waals surface area (Å²) in [7, 11) is 1.78. The maximum absolute atomic E-state index is 10.9. The number of carbonyl (C=O) groups is 1.